The number of carbonyl (C=O) groups excluding carboxylic acids is 2. The van der Waals surface area contributed by atoms with Crippen molar-refractivity contribution in [3.8, 4) is 12.3 Å². The number of nitrogens with zero attached hydrogens (tertiary/aromatic N) is 2. The summed E-state index contributed by atoms with van der Waals surface area (Å²) >= 11 is 1.65. The zero-order chi connectivity index (χ0) is 13.0. The summed E-state index contributed by atoms with van der Waals surface area (Å²) in [4.78, 5) is 27.8. The van der Waals surface area contributed by atoms with Crippen LogP contribution >= 0.6 is 11.8 Å². The number of rotatable bonds is 4. The standard InChI is InChI=1S/C13H18N2O2S/c1-2-9-18-10-8-14-7-5-12(16)15-6-3-4-11(15)13(14)17/h1,11H,3-10H2. The van der Waals surface area contributed by atoms with Gasteiger partial charge in [0.25, 0.3) is 0 Å². The molecule has 0 spiro atoms. The number of carbonyl (C=O) groups is 2. The second kappa shape index (κ2) is 6.14. The van der Waals surface area contributed by atoms with Gasteiger partial charge in [-0.1, -0.05) is 5.92 Å². The van der Waals surface area contributed by atoms with Gasteiger partial charge in [0.2, 0.25) is 11.8 Å². The summed E-state index contributed by atoms with van der Waals surface area (Å²) < 4.78 is 0. The van der Waals surface area contributed by atoms with Gasteiger partial charge in [0.05, 0.1) is 5.75 Å². The second-order valence-corrected chi connectivity index (χ2v) is 5.68. The quantitative estimate of drug-likeness (QED) is 0.552. The molecule has 0 radical (unpaired) electrons. The van der Waals surface area contributed by atoms with Crippen molar-refractivity contribution in [2.45, 2.75) is 25.3 Å². The van der Waals surface area contributed by atoms with E-state index in [9.17, 15) is 9.59 Å². The molecular formula is C13H18N2O2S. The van der Waals surface area contributed by atoms with Crippen molar-refractivity contribution in [1.82, 2.24) is 9.80 Å². The minimum absolute atomic E-state index is 0.125. The van der Waals surface area contributed by atoms with Crippen molar-refractivity contribution in [1.29, 1.82) is 0 Å². The number of thioether (sulfide) groups is 1. The van der Waals surface area contributed by atoms with Gasteiger partial charge in [-0.2, -0.15) is 0 Å². The molecule has 2 aliphatic rings. The number of fused-ring (bicyclic) bond motifs is 1. The van der Waals surface area contributed by atoms with Gasteiger partial charge in [0.1, 0.15) is 6.04 Å². The van der Waals surface area contributed by atoms with Crippen molar-refractivity contribution in [2.24, 2.45) is 0 Å². The van der Waals surface area contributed by atoms with E-state index in [0.29, 0.717) is 25.3 Å². The highest BCUT2D eigenvalue weighted by molar-refractivity contribution is 7.99. The topological polar surface area (TPSA) is 40.6 Å². The molecule has 5 heteroatoms. The van der Waals surface area contributed by atoms with Gasteiger partial charge >= 0.3 is 0 Å². The van der Waals surface area contributed by atoms with E-state index < -0.39 is 0 Å². The molecular weight excluding hydrogens is 248 g/mol. The maximum Gasteiger partial charge on any atom is 0.245 e. The average Bonchev–Trinajstić information content (AvgIpc) is 2.82. The lowest BCUT2D eigenvalue weighted by atomic mass is 10.2. The third-order valence-electron chi connectivity index (χ3n) is 3.46. The first-order valence-electron chi connectivity index (χ1n) is 6.33. The van der Waals surface area contributed by atoms with Gasteiger partial charge in [0.15, 0.2) is 0 Å². The molecule has 98 valence electrons. The average molecular weight is 266 g/mol. The molecule has 1 unspecified atom stereocenters. The van der Waals surface area contributed by atoms with Crippen LogP contribution in [0.4, 0.5) is 0 Å². The highest BCUT2D eigenvalue weighted by atomic mass is 32.2. The maximum absolute atomic E-state index is 12.3. The number of hydrogen-bond donors (Lipinski definition) is 0. The van der Waals surface area contributed by atoms with Gasteiger partial charge in [-0.25, -0.2) is 0 Å². The van der Waals surface area contributed by atoms with Gasteiger partial charge < -0.3 is 9.80 Å². The molecule has 2 amide bonds. The molecule has 4 nitrogen and oxygen atoms in total. The Morgan fingerprint density at radius 1 is 1.39 bits per heavy atom. The molecule has 0 N–H and O–H groups in total. The number of terminal acetylenes is 1. The predicted molar refractivity (Wildman–Crippen MR) is 72.1 cm³/mol. The van der Waals surface area contributed by atoms with E-state index >= 15 is 0 Å². The Balaban J connectivity index is 1.93. The molecule has 1 atom stereocenters. The van der Waals surface area contributed by atoms with Crippen LogP contribution in [0.3, 0.4) is 0 Å². The Bertz CT molecular complexity index is 378. The van der Waals surface area contributed by atoms with Crippen LogP contribution < -0.4 is 0 Å². The monoisotopic (exact) mass is 266 g/mol. The lowest BCUT2D eigenvalue weighted by Gasteiger charge is -2.24. The van der Waals surface area contributed by atoms with Crippen LogP contribution in [0.1, 0.15) is 19.3 Å². The van der Waals surface area contributed by atoms with Crippen LogP contribution in [0, 0.1) is 12.3 Å². The van der Waals surface area contributed by atoms with Crippen molar-refractivity contribution in [2.75, 3.05) is 31.1 Å². The Hall–Kier alpha value is -1.15. The molecule has 2 heterocycles. The fraction of sp³-hybridized carbons (Fsp3) is 0.692. The highest BCUT2D eigenvalue weighted by Crippen LogP contribution is 2.23. The third-order valence-corrected chi connectivity index (χ3v) is 4.30. The summed E-state index contributed by atoms with van der Waals surface area (Å²) in [7, 11) is 0. The van der Waals surface area contributed by atoms with E-state index in [4.69, 9.17) is 6.42 Å². The van der Waals surface area contributed by atoms with Crippen LogP contribution in [0.25, 0.3) is 0 Å². The largest absolute Gasteiger partial charge is 0.340 e. The van der Waals surface area contributed by atoms with Crippen LogP contribution in [0.5, 0.6) is 0 Å². The predicted octanol–water partition coefficient (Wildman–Crippen LogP) is 0.576. The summed E-state index contributed by atoms with van der Waals surface area (Å²) in [6.45, 7) is 2.00. The fourth-order valence-electron chi connectivity index (χ4n) is 2.54. The Morgan fingerprint density at radius 2 is 2.22 bits per heavy atom. The molecule has 2 saturated heterocycles. The summed E-state index contributed by atoms with van der Waals surface area (Å²) in [5.41, 5.74) is 0. The smallest absolute Gasteiger partial charge is 0.245 e. The Morgan fingerprint density at radius 3 is 3.00 bits per heavy atom. The molecule has 0 aliphatic carbocycles. The van der Waals surface area contributed by atoms with Crippen LogP contribution in [0.2, 0.25) is 0 Å². The third kappa shape index (κ3) is 2.81. The summed E-state index contributed by atoms with van der Waals surface area (Å²) in [5, 5.41) is 0. The van der Waals surface area contributed by atoms with Crippen LogP contribution in [0.15, 0.2) is 0 Å². The highest BCUT2D eigenvalue weighted by Gasteiger charge is 2.38. The van der Waals surface area contributed by atoms with E-state index in [1.54, 1.807) is 16.7 Å². The molecule has 0 aromatic rings. The normalized spacial score (nSPS) is 23.8. The minimum Gasteiger partial charge on any atom is -0.340 e. The minimum atomic E-state index is -0.197. The molecule has 18 heavy (non-hydrogen) atoms. The number of hydrogen-bond acceptors (Lipinski definition) is 3. The Kier molecular flexibility index (Phi) is 4.54. The maximum atomic E-state index is 12.3. The first kappa shape index (κ1) is 13.3. The van der Waals surface area contributed by atoms with Crippen molar-refractivity contribution >= 4 is 23.6 Å². The van der Waals surface area contributed by atoms with E-state index in [-0.39, 0.29) is 17.9 Å². The molecule has 0 aromatic carbocycles. The molecule has 2 rings (SSSR count). The number of amides is 2. The second-order valence-electron chi connectivity index (χ2n) is 4.58. The van der Waals surface area contributed by atoms with E-state index in [0.717, 1.165) is 25.1 Å². The van der Waals surface area contributed by atoms with E-state index in [1.807, 2.05) is 4.90 Å². The molecule has 2 fully saturated rings. The lowest BCUT2D eigenvalue weighted by Crippen LogP contribution is -2.44. The van der Waals surface area contributed by atoms with Gasteiger partial charge in [0, 0.05) is 31.8 Å². The SMILES string of the molecule is C#CCSCCN1CCC(=O)N2CCCC2C1=O. The zero-order valence-corrected chi connectivity index (χ0v) is 11.2. The van der Waals surface area contributed by atoms with Crippen molar-refractivity contribution in [3.63, 3.8) is 0 Å². The van der Waals surface area contributed by atoms with Crippen molar-refractivity contribution < 1.29 is 9.59 Å². The van der Waals surface area contributed by atoms with E-state index in [1.165, 1.54) is 0 Å². The van der Waals surface area contributed by atoms with E-state index in [2.05, 4.69) is 5.92 Å². The molecule has 0 bridgehead atoms. The summed E-state index contributed by atoms with van der Waals surface area (Å²) in [6.07, 6.45) is 7.41. The first-order valence-corrected chi connectivity index (χ1v) is 7.49. The van der Waals surface area contributed by atoms with Gasteiger partial charge in [-0.15, -0.1) is 18.2 Å². The van der Waals surface area contributed by atoms with Gasteiger partial charge in [-0.3, -0.25) is 9.59 Å². The molecule has 0 saturated carbocycles. The molecule has 0 aromatic heterocycles. The zero-order valence-electron chi connectivity index (χ0n) is 10.4. The first-order chi connectivity index (χ1) is 8.74. The van der Waals surface area contributed by atoms with Gasteiger partial charge in [-0.05, 0) is 12.8 Å². The summed E-state index contributed by atoms with van der Waals surface area (Å²) in [5.74, 6) is 4.35. The lowest BCUT2D eigenvalue weighted by molar-refractivity contribution is -0.139. The van der Waals surface area contributed by atoms with Crippen molar-refractivity contribution in [3.05, 3.63) is 0 Å². The Labute approximate surface area is 112 Å². The molecule has 2 aliphatic heterocycles. The van der Waals surface area contributed by atoms with Crippen LogP contribution in [-0.4, -0.2) is 58.8 Å². The summed E-state index contributed by atoms with van der Waals surface area (Å²) in [6, 6.07) is -0.197. The fourth-order valence-corrected chi connectivity index (χ4v) is 3.16. The van der Waals surface area contributed by atoms with Crippen LogP contribution in [-0.2, 0) is 9.59 Å².